The topological polar surface area (TPSA) is 240 Å². The van der Waals surface area contributed by atoms with Crippen molar-refractivity contribution in [3.05, 3.63) is 83.0 Å². The minimum atomic E-state index is -1.20. The lowest BCUT2D eigenvalue weighted by Gasteiger charge is -2.32. The molecule has 16 nitrogen and oxygen atoms in total. The van der Waals surface area contributed by atoms with E-state index in [-0.39, 0.29) is 69.7 Å². The fourth-order valence-corrected chi connectivity index (χ4v) is 5.88. The lowest BCUT2D eigenvalue weighted by atomic mass is 9.81. The molecule has 3 rings (SSSR count). The number of nitrogens with one attached hydrogen (secondary N) is 3. The van der Waals surface area contributed by atoms with Crippen LogP contribution < -0.4 is 38.0 Å². The predicted molar refractivity (Wildman–Crippen MR) is 189 cm³/mol. The van der Waals surface area contributed by atoms with Crippen molar-refractivity contribution in [1.82, 2.24) is 29.7 Å². The summed E-state index contributed by atoms with van der Waals surface area (Å²) in [5, 5.41) is 39.3. The highest BCUT2D eigenvalue weighted by atomic mass is 16.3. The van der Waals surface area contributed by atoms with Crippen molar-refractivity contribution in [3.8, 4) is 17.2 Å². The molecule has 0 aliphatic heterocycles. The minimum Gasteiger partial charge on any atom is -0.503 e. The normalized spacial score (nSPS) is 12.1. The summed E-state index contributed by atoms with van der Waals surface area (Å²) in [4.78, 5) is 74.4. The molecule has 3 heterocycles. The third-order valence-corrected chi connectivity index (χ3v) is 9.51. The fraction of sp³-hybridized carbons (Fsp3) is 0.486. The van der Waals surface area contributed by atoms with Crippen molar-refractivity contribution in [2.24, 2.45) is 32.8 Å². The number of pyridine rings is 3. The van der Waals surface area contributed by atoms with Crippen molar-refractivity contribution in [1.29, 1.82) is 0 Å². The van der Waals surface area contributed by atoms with Gasteiger partial charge in [0.15, 0.2) is 17.2 Å². The van der Waals surface area contributed by atoms with Crippen molar-refractivity contribution >= 4 is 18.1 Å². The van der Waals surface area contributed by atoms with Crippen LogP contribution in [0.3, 0.4) is 0 Å². The third kappa shape index (κ3) is 10.2. The second kappa shape index (κ2) is 17.1. The van der Waals surface area contributed by atoms with Gasteiger partial charge in [-0.1, -0.05) is 0 Å². The molecule has 3 aromatic heterocycles. The van der Waals surface area contributed by atoms with Gasteiger partial charge in [0.05, 0.1) is 30.2 Å². The van der Waals surface area contributed by atoms with Crippen LogP contribution in [0.4, 0.5) is 0 Å². The molecular formula is C35H49N7O9. The Morgan fingerprint density at radius 2 is 1.08 bits per heavy atom. The number of hydrogen-bond donors (Lipinski definition) is 7. The zero-order valence-electron chi connectivity index (χ0n) is 30.0. The Balaban J connectivity index is 1.72. The molecule has 278 valence electrons. The van der Waals surface area contributed by atoms with Gasteiger partial charge in [0, 0.05) is 93.8 Å². The summed E-state index contributed by atoms with van der Waals surface area (Å²) in [5.74, 6) is -2.89. The number of hydrogen-bond acceptors (Lipinski definition) is 11. The lowest BCUT2D eigenvalue weighted by molar-refractivity contribution is -0.121. The molecule has 1 unspecified atom stereocenters. The van der Waals surface area contributed by atoms with E-state index in [4.69, 9.17) is 5.73 Å². The highest BCUT2D eigenvalue weighted by Gasteiger charge is 2.30. The second-order valence-corrected chi connectivity index (χ2v) is 13.2. The van der Waals surface area contributed by atoms with Crippen LogP contribution in [0.25, 0.3) is 0 Å². The molecule has 0 aromatic carbocycles. The average molecular weight is 712 g/mol. The fourth-order valence-electron chi connectivity index (χ4n) is 5.88. The quantitative estimate of drug-likeness (QED) is 0.0921. The largest absolute Gasteiger partial charge is 0.503 e. The molecular weight excluding hydrogens is 662 g/mol. The van der Waals surface area contributed by atoms with Crippen molar-refractivity contribution in [3.63, 3.8) is 0 Å². The highest BCUT2D eigenvalue weighted by Crippen LogP contribution is 2.25. The first kappa shape index (κ1) is 40.2. The maximum Gasteiger partial charge on any atom is 0.223 e. The summed E-state index contributed by atoms with van der Waals surface area (Å²) in [6, 6.07) is 3.89. The molecule has 0 saturated carbocycles. The third-order valence-electron chi connectivity index (χ3n) is 9.51. The molecule has 0 spiro atoms. The van der Waals surface area contributed by atoms with Crippen LogP contribution in [0.5, 0.6) is 17.2 Å². The van der Waals surface area contributed by atoms with E-state index in [1.54, 1.807) is 55.6 Å². The van der Waals surface area contributed by atoms with E-state index in [1.165, 1.54) is 18.2 Å². The number of nitrogens with two attached hydrogens (primary N) is 1. The number of aromatic nitrogens is 3. The summed E-state index contributed by atoms with van der Waals surface area (Å²) in [6.07, 6.45) is 0.715. The SMILES string of the molecule is Cc1cc(=O)c(O)c(CNCC(C=O)CC(N)(CCC(=O)NCc2c(O)c(=O)cc(C)n2C)CCC(=O)NCc2c(O)c(=O)cc(C)n2C)n1C. The summed E-state index contributed by atoms with van der Waals surface area (Å²) in [7, 11) is 5.00. The van der Waals surface area contributed by atoms with Gasteiger partial charge in [0.2, 0.25) is 28.1 Å². The summed E-state index contributed by atoms with van der Waals surface area (Å²) in [5.41, 5.74) is 6.59. The van der Waals surface area contributed by atoms with Crippen LogP contribution in [0.1, 0.15) is 66.3 Å². The molecule has 2 amide bonds. The van der Waals surface area contributed by atoms with Crippen LogP contribution in [0.15, 0.2) is 32.6 Å². The zero-order valence-corrected chi connectivity index (χ0v) is 30.0. The summed E-state index contributed by atoms with van der Waals surface area (Å²) < 4.78 is 4.84. The molecule has 0 saturated heterocycles. The van der Waals surface area contributed by atoms with Gasteiger partial charge in [-0.05, 0) is 40.0 Å². The monoisotopic (exact) mass is 711 g/mol. The molecule has 0 radical (unpaired) electrons. The van der Waals surface area contributed by atoms with Crippen LogP contribution in [-0.2, 0) is 55.2 Å². The Morgan fingerprint density at radius 1 is 0.725 bits per heavy atom. The van der Waals surface area contributed by atoms with Gasteiger partial charge >= 0.3 is 0 Å². The smallest absolute Gasteiger partial charge is 0.223 e. The number of amides is 2. The van der Waals surface area contributed by atoms with E-state index in [0.29, 0.717) is 29.1 Å². The molecule has 1 atom stereocenters. The molecule has 0 bridgehead atoms. The van der Waals surface area contributed by atoms with Gasteiger partial charge in [0.1, 0.15) is 6.29 Å². The Kier molecular flexibility index (Phi) is 13.5. The van der Waals surface area contributed by atoms with Gasteiger partial charge in [0.25, 0.3) is 0 Å². The van der Waals surface area contributed by atoms with Crippen molar-refractivity contribution < 1.29 is 29.7 Å². The van der Waals surface area contributed by atoms with Gasteiger partial charge in [-0.25, -0.2) is 0 Å². The van der Waals surface area contributed by atoms with Crippen molar-refractivity contribution in [2.75, 3.05) is 6.54 Å². The summed E-state index contributed by atoms with van der Waals surface area (Å²) in [6.45, 7) is 5.06. The number of rotatable bonds is 17. The number of nitrogens with zero attached hydrogens (tertiary/aromatic N) is 3. The highest BCUT2D eigenvalue weighted by molar-refractivity contribution is 5.77. The van der Waals surface area contributed by atoms with Crippen LogP contribution in [0.2, 0.25) is 0 Å². The van der Waals surface area contributed by atoms with E-state index in [2.05, 4.69) is 16.0 Å². The van der Waals surface area contributed by atoms with Gasteiger partial charge < -0.3 is 55.5 Å². The van der Waals surface area contributed by atoms with Crippen LogP contribution in [-0.4, -0.2) is 59.2 Å². The lowest BCUT2D eigenvalue weighted by Crippen LogP contribution is -2.45. The molecule has 0 fully saturated rings. The van der Waals surface area contributed by atoms with Crippen LogP contribution in [0, 0.1) is 26.7 Å². The average Bonchev–Trinajstić information content (AvgIpc) is 3.08. The number of carbonyl (C=O) groups is 3. The van der Waals surface area contributed by atoms with E-state index >= 15 is 0 Å². The van der Waals surface area contributed by atoms with E-state index in [1.807, 2.05) is 0 Å². The summed E-state index contributed by atoms with van der Waals surface area (Å²) >= 11 is 0. The first-order valence-corrected chi connectivity index (χ1v) is 16.5. The maximum atomic E-state index is 13.0. The van der Waals surface area contributed by atoms with E-state index in [9.17, 15) is 44.1 Å². The first-order chi connectivity index (χ1) is 23.9. The number of aromatic hydroxyl groups is 3. The van der Waals surface area contributed by atoms with Gasteiger partial charge in [-0.15, -0.1) is 0 Å². The molecule has 3 aromatic rings. The molecule has 0 aliphatic carbocycles. The van der Waals surface area contributed by atoms with Gasteiger partial charge in [-0.3, -0.25) is 24.0 Å². The van der Waals surface area contributed by atoms with E-state index < -0.39 is 56.8 Å². The second-order valence-electron chi connectivity index (χ2n) is 13.2. The Bertz CT molecular complexity index is 1870. The minimum absolute atomic E-state index is 0.0650. The van der Waals surface area contributed by atoms with Gasteiger partial charge in [-0.2, -0.15) is 0 Å². The Labute approximate surface area is 294 Å². The number of aldehydes is 1. The molecule has 8 N–H and O–H groups in total. The molecule has 51 heavy (non-hydrogen) atoms. The van der Waals surface area contributed by atoms with E-state index in [0.717, 1.165) is 0 Å². The number of carbonyl (C=O) groups excluding carboxylic acids is 3. The Morgan fingerprint density at radius 3 is 1.43 bits per heavy atom. The maximum absolute atomic E-state index is 13.0. The molecule has 0 aliphatic rings. The molecule has 16 heteroatoms. The number of aryl methyl sites for hydroxylation is 3. The standard InChI is InChI=1S/C35H49N7O9/c1-20-11-27(44)32(49)24(40(20)4)16-37-15-23(19-43)14-35(36,9-7-30(47)38-17-25-33(50)28(45)12-21(2)41(25)5)10-8-31(48)39-18-26-34(51)29(46)13-22(3)42(26)6/h11-13,19,23,37,49-51H,7-10,14-18,36H2,1-6H3,(H,38,47)(H,39,48). The first-order valence-electron chi connectivity index (χ1n) is 16.5. The zero-order chi connectivity index (χ0) is 38.2. The van der Waals surface area contributed by atoms with Crippen molar-refractivity contribution in [2.45, 2.75) is 78.0 Å². The van der Waals surface area contributed by atoms with Crippen LogP contribution >= 0.6 is 0 Å². The predicted octanol–water partition coefficient (Wildman–Crippen LogP) is 0.0103. The Hall–Kier alpha value is -5.22.